The Morgan fingerprint density at radius 1 is 1.12 bits per heavy atom. The Kier molecular flexibility index (Phi) is 7.96. The molecule has 0 bridgehead atoms. The van der Waals surface area contributed by atoms with Gasteiger partial charge in [-0.2, -0.15) is 0 Å². The van der Waals surface area contributed by atoms with Crippen molar-refractivity contribution >= 4 is 5.91 Å². The van der Waals surface area contributed by atoms with Gasteiger partial charge in [-0.1, -0.05) is 30.3 Å². The van der Waals surface area contributed by atoms with Crippen LogP contribution in [-0.4, -0.2) is 36.9 Å². The Bertz CT molecular complexity index is 702. The first-order chi connectivity index (χ1) is 12.5. The van der Waals surface area contributed by atoms with Crippen molar-refractivity contribution in [3.8, 4) is 11.5 Å². The van der Waals surface area contributed by atoms with Crippen molar-refractivity contribution in [3.63, 3.8) is 0 Å². The third-order valence-corrected chi connectivity index (χ3v) is 3.87. The van der Waals surface area contributed by atoms with Crippen LogP contribution in [0.1, 0.15) is 24.0 Å². The minimum atomic E-state index is -0.748. The molecule has 0 aromatic heterocycles. The van der Waals surface area contributed by atoms with Crippen LogP contribution in [0.5, 0.6) is 11.5 Å². The third-order valence-electron chi connectivity index (χ3n) is 3.87. The number of carbonyl (C=O) groups is 1. The highest BCUT2D eigenvalue weighted by molar-refractivity contribution is 5.75. The molecule has 0 aliphatic carbocycles. The number of aryl methyl sites for hydroxylation is 2. The molecule has 2 rings (SSSR count). The highest BCUT2D eigenvalue weighted by Crippen LogP contribution is 2.16. The molecule has 2 aromatic carbocycles. The molecule has 1 atom stereocenters. The fourth-order valence-corrected chi connectivity index (χ4v) is 2.41. The highest BCUT2D eigenvalue weighted by atomic mass is 16.5. The van der Waals surface area contributed by atoms with E-state index in [-0.39, 0.29) is 19.1 Å². The van der Waals surface area contributed by atoms with E-state index in [1.807, 2.05) is 62.4 Å². The zero-order chi connectivity index (χ0) is 18.8. The predicted octanol–water partition coefficient (Wildman–Crippen LogP) is 3.02. The van der Waals surface area contributed by atoms with Crippen LogP contribution in [0.4, 0.5) is 0 Å². The van der Waals surface area contributed by atoms with Crippen LogP contribution >= 0.6 is 0 Å². The van der Waals surface area contributed by atoms with Crippen LogP contribution in [0.3, 0.4) is 0 Å². The summed E-state index contributed by atoms with van der Waals surface area (Å²) < 4.78 is 11.2. The van der Waals surface area contributed by atoms with Gasteiger partial charge in [-0.15, -0.1) is 0 Å². The van der Waals surface area contributed by atoms with Gasteiger partial charge in [0, 0.05) is 13.0 Å². The summed E-state index contributed by atoms with van der Waals surface area (Å²) in [6, 6.07) is 15.4. The number of hydrogen-bond donors (Lipinski definition) is 2. The first-order valence-corrected chi connectivity index (χ1v) is 8.87. The number of aliphatic hydroxyl groups is 1. The van der Waals surface area contributed by atoms with E-state index in [9.17, 15) is 9.90 Å². The summed E-state index contributed by atoms with van der Waals surface area (Å²) in [7, 11) is 0. The van der Waals surface area contributed by atoms with E-state index in [1.165, 1.54) is 0 Å². The van der Waals surface area contributed by atoms with E-state index in [0.29, 0.717) is 25.2 Å². The maximum absolute atomic E-state index is 11.8. The molecule has 0 saturated heterocycles. The van der Waals surface area contributed by atoms with Gasteiger partial charge >= 0.3 is 0 Å². The summed E-state index contributed by atoms with van der Waals surface area (Å²) in [4.78, 5) is 11.8. The average molecular weight is 357 g/mol. The van der Waals surface area contributed by atoms with E-state index in [2.05, 4.69) is 5.32 Å². The second-order valence-electron chi connectivity index (χ2n) is 6.30. The fraction of sp³-hybridized carbons (Fsp3) is 0.381. The molecule has 0 saturated carbocycles. The summed E-state index contributed by atoms with van der Waals surface area (Å²) >= 11 is 0. The average Bonchev–Trinajstić information content (AvgIpc) is 2.63. The fourth-order valence-electron chi connectivity index (χ4n) is 2.41. The number of aliphatic hydroxyl groups excluding tert-OH is 1. The quantitative estimate of drug-likeness (QED) is 0.642. The molecule has 2 N–H and O–H groups in total. The van der Waals surface area contributed by atoms with E-state index in [1.54, 1.807) is 0 Å². The van der Waals surface area contributed by atoms with Gasteiger partial charge in [0.15, 0.2) is 0 Å². The number of benzene rings is 2. The lowest BCUT2D eigenvalue weighted by Crippen LogP contribution is -2.35. The number of para-hydroxylation sites is 1. The largest absolute Gasteiger partial charge is 0.493 e. The normalized spacial score (nSPS) is 11.7. The molecule has 26 heavy (non-hydrogen) atoms. The summed E-state index contributed by atoms with van der Waals surface area (Å²) in [5.74, 6) is 1.45. The summed E-state index contributed by atoms with van der Waals surface area (Å²) in [6.45, 7) is 4.76. The van der Waals surface area contributed by atoms with Crippen LogP contribution in [0.25, 0.3) is 0 Å². The van der Waals surface area contributed by atoms with Crippen molar-refractivity contribution in [2.24, 2.45) is 0 Å². The lowest BCUT2D eigenvalue weighted by atomic mass is 10.2. The van der Waals surface area contributed by atoms with Crippen LogP contribution in [0.2, 0.25) is 0 Å². The Balaban J connectivity index is 1.57. The maximum atomic E-state index is 11.8. The number of hydrogen-bond acceptors (Lipinski definition) is 4. The number of rotatable bonds is 10. The van der Waals surface area contributed by atoms with Crippen molar-refractivity contribution in [1.82, 2.24) is 5.32 Å². The smallest absolute Gasteiger partial charge is 0.220 e. The SMILES string of the molecule is Cc1cccc(OCC(O)CNC(=O)CCCOc2ccccc2C)c1. The van der Waals surface area contributed by atoms with Gasteiger partial charge in [0.2, 0.25) is 5.91 Å². The van der Waals surface area contributed by atoms with Crippen LogP contribution in [0, 0.1) is 13.8 Å². The number of ether oxygens (including phenoxy) is 2. The Hall–Kier alpha value is -2.53. The van der Waals surface area contributed by atoms with Gasteiger partial charge in [0.25, 0.3) is 0 Å². The minimum Gasteiger partial charge on any atom is -0.493 e. The number of nitrogens with one attached hydrogen (secondary N) is 1. The summed E-state index contributed by atoms with van der Waals surface area (Å²) in [6.07, 6.45) is 0.232. The topological polar surface area (TPSA) is 67.8 Å². The van der Waals surface area contributed by atoms with E-state index < -0.39 is 6.10 Å². The van der Waals surface area contributed by atoms with Gasteiger partial charge in [-0.3, -0.25) is 4.79 Å². The first kappa shape index (κ1) is 19.8. The first-order valence-electron chi connectivity index (χ1n) is 8.87. The summed E-state index contributed by atoms with van der Waals surface area (Å²) in [5, 5.41) is 12.6. The van der Waals surface area contributed by atoms with E-state index in [4.69, 9.17) is 9.47 Å². The Morgan fingerprint density at radius 2 is 1.92 bits per heavy atom. The second kappa shape index (κ2) is 10.5. The van der Waals surface area contributed by atoms with Crippen molar-refractivity contribution in [1.29, 1.82) is 0 Å². The van der Waals surface area contributed by atoms with Gasteiger partial charge in [-0.05, 0) is 49.6 Å². The number of amides is 1. The third kappa shape index (κ3) is 7.15. The lowest BCUT2D eigenvalue weighted by molar-refractivity contribution is -0.121. The predicted molar refractivity (Wildman–Crippen MR) is 102 cm³/mol. The number of carbonyl (C=O) groups excluding carboxylic acids is 1. The van der Waals surface area contributed by atoms with Crippen LogP contribution in [0.15, 0.2) is 48.5 Å². The second-order valence-corrected chi connectivity index (χ2v) is 6.30. The van der Waals surface area contributed by atoms with Crippen LogP contribution in [-0.2, 0) is 4.79 Å². The van der Waals surface area contributed by atoms with Gasteiger partial charge < -0.3 is 19.9 Å². The molecule has 0 radical (unpaired) electrons. The lowest BCUT2D eigenvalue weighted by Gasteiger charge is -2.14. The van der Waals surface area contributed by atoms with Crippen molar-refractivity contribution in [2.45, 2.75) is 32.8 Å². The molecule has 1 unspecified atom stereocenters. The molecule has 0 fully saturated rings. The van der Waals surface area contributed by atoms with E-state index >= 15 is 0 Å². The van der Waals surface area contributed by atoms with Crippen LogP contribution < -0.4 is 14.8 Å². The Morgan fingerprint density at radius 3 is 2.69 bits per heavy atom. The van der Waals surface area contributed by atoms with Crippen molar-refractivity contribution < 1.29 is 19.4 Å². The maximum Gasteiger partial charge on any atom is 0.220 e. The molecular weight excluding hydrogens is 330 g/mol. The highest BCUT2D eigenvalue weighted by Gasteiger charge is 2.08. The molecule has 2 aromatic rings. The van der Waals surface area contributed by atoms with Gasteiger partial charge in [0.1, 0.15) is 24.2 Å². The molecule has 5 heteroatoms. The molecule has 0 aliphatic heterocycles. The zero-order valence-electron chi connectivity index (χ0n) is 15.4. The van der Waals surface area contributed by atoms with Gasteiger partial charge in [-0.25, -0.2) is 0 Å². The van der Waals surface area contributed by atoms with Crippen molar-refractivity contribution in [2.75, 3.05) is 19.8 Å². The molecule has 140 valence electrons. The zero-order valence-corrected chi connectivity index (χ0v) is 15.4. The minimum absolute atomic E-state index is 0.104. The molecule has 0 heterocycles. The molecule has 1 amide bonds. The molecule has 0 spiro atoms. The summed E-state index contributed by atoms with van der Waals surface area (Å²) in [5.41, 5.74) is 2.17. The molecule has 5 nitrogen and oxygen atoms in total. The molecule has 0 aliphatic rings. The Labute approximate surface area is 155 Å². The standard InChI is InChI=1S/C21H27NO4/c1-16-7-5-9-19(13-16)26-15-18(23)14-22-21(24)11-6-12-25-20-10-4-3-8-17(20)2/h3-5,7-10,13,18,23H,6,11-12,14-15H2,1-2H3,(H,22,24). The molecular formula is C21H27NO4. The van der Waals surface area contributed by atoms with E-state index in [0.717, 1.165) is 16.9 Å². The van der Waals surface area contributed by atoms with Crippen molar-refractivity contribution in [3.05, 3.63) is 59.7 Å². The monoisotopic (exact) mass is 357 g/mol. The van der Waals surface area contributed by atoms with Gasteiger partial charge in [0.05, 0.1) is 6.61 Å².